The van der Waals surface area contributed by atoms with Crippen molar-refractivity contribution < 1.29 is 25.9 Å². The van der Waals surface area contributed by atoms with Crippen molar-refractivity contribution in [2.45, 2.75) is 0 Å². The largest absolute Gasteiger partial charge is 0.366 e. The van der Waals surface area contributed by atoms with Crippen LogP contribution in [0.3, 0.4) is 0 Å². The Morgan fingerprint density at radius 3 is 2.00 bits per heavy atom. The van der Waals surface area contributed by atoms with Crippen LogP contribution in [0.5, 0.6) is 0 Å². The number of carbonyl (C=O) groups excluding carboxylic acids is 1. The molecule has 0 aliphatic rings. The molecule has 0 spiro atoms. The van der Waals surface area contributed by atoms with Gasteiger partial charge in [-0.2, -0.15) is 0 Å². The molecule has 2 N–H and O–H groups in total. The summed E-state index contributed by atoms with van der Waals surface area (Å²) in [7, 11) is 0. The van der Waals surface area contributed by atoms with Gasteiger partial charge in [-0.05, 0) is 6.08 Å². The van der Waals surface area contributed by atoms with Gasteiger partial charge in [0.25, 0.3) is 0 Å². The van der Waals surface area contributed by atoms with Gasteiger partial charge in [0, 0.05) is 21.1 Å². The monoisotopic (exact) mass is 266 g/mol. The third-order valence-corrected chi connectivity index (χ3v) is 0.201. The third-order valence-electron chi connectivity index (χ3n) is 0.201. The topological polar surface area (TPSA) is 43.1 Å². The van der Waals surface area contributed by atoms with Crippen molar-refractivity contribution in [2.24, 2.45) is 5.73 Å². The molecule has 0 saturated carbocycles. The first-order valence-electron chi connectivity index (χ1n) is 1.19. The van der Waals surface area contributed by atoms with E-state index in [1.165, 1.54) is 0 Å². The summed E-state index contributed by atoms with van der Waals surface area (Å²) in [5.74, 6) is -0.481. The van der Waals surface area contributed by atoms with Crippen molar-refractivity contribution in [1.82, 2.24) is 0 Å². The maximum absolute atomic E-state index is 9.47. The normalized spacial score (nSPS) is 5.33. The number of primary amides is 1. The maximum atomic E-state index is 9.47. The summed E-state index contributed by atoms with van der Waals surface area (Å²) in [6.45, 7) is 3.09. The molecule has 0 fully saturated rings. The van der Waals surface area contributed by atoms with Crippen LogP contribution in [0.15, 0.2) is 12.7 Å². The van der Waals surface area contributed by atoms with Crippen LogP contribution in [-0.4, -0.2) is 5.91 Å². The minimum atomic E-state index is -0.481. The second-order valence-electron chi connectivity index (χ2n) is 0.606. The van der Waals surface area contributed by atoms with E-state index in [9.17, 15) is 4.79 Å². The van der Waals surface area contributed by atoms with Gasteiger partial charge in [-0.1, -0.05) is 6.58 Å². The van der Waals surface area contributed by atoms with Gasteiger partial charge < -0.3 is 5.73 Å². The molecule has 6 heavy (non-hydrogen) atoms. The smallest absolute Gasteiger partial charge is 0.240 e. The fraction of sp³-hybridized carbons (Fsp3) is 0. The second-order valence-corrected chi connectivity index (χ2v) is 0.606. The van der Waals surface area contributed by atoms with Crippen molar-refractivity contribution in [2.75, 3.05) is 0 Å². The molecule has 38 valence electrons. The minimum absolute atomic E-state index is 0. The van der Waals surface area contributed by atoms with Crippen LogP contribution in [-0.2, 0) is 25.9 Å². The molecule has 0 saturated heterocycles. The summed E-state index contributed by atoms with van der Waals surface area (Å²) in [5.41, 5.74) is 4.53. The quantitative estimate of drug-likeness (QED) is 0.648. The molecular formula is C3H5NOPt. The van der Waals surface area contributed by atoms with E-state index in [0.717, 1.165) is 6.08 Å². The van der Waals surface area contributed by atoms with Crippen LogP contribution in [0.1, 0.15) is 0 Å². The Balaban J connectivity index is 0. The van der Waals surface area contributed by atoms with Crippen LogP contribution in [0.4, 0.5) is 0 Å². The van der Waals surface area contributed by atoms with E-state index >= 15 is 0 Å². The van der Waals surface area contributed by atoms with Gasteiger partial charge in [0.1, 0.15) is 0 Å². The maximum Gasteiger partial charge on any atom is 0.240 e. The summed E-state index contributed by atoms with van der Waals surface area (Å²) in [4.78, 5) is 9.47. The number of carbonyl (C=O) groups is 1. The second kappa shape index (κ2) is 4.90. The Morgan fingerprint density at radius 2 is 2.00 bits per heavy atom. The first-order chi connectivity index (χ1) is 2.27. The predicted octanol–water partition coefficient (Wildman–Crippen LogP) is -0.345. The SMILES string of the molecule is C=CC(N)=O.[Pt]. The molecule has 0 rings (SSSR count). The summed E-state index contributed by atoms with van der Waals surface area (Å²) in [6.07, 6.45) is 1.06. The molecule has 0 unspecified atom stereocenters. The van der Waals surface area contributed by atoms with Gasteiger partial charge in [-0.15, -0.1) is 0 Å². The fourth-order valence-electron chi connectivity index (χ4n) is 0. The van der Waals surface area contributed by atoms with Gasteiger partial charge >= 0.3 is 0 Å². The Hall–Kier alpha value is -0.102. The van der Waals surface area contributed by atoms with Gasteiger partial charge in [-0.3, -0.25) is 4.79 Å². The van der Waals surface area contributed by atoms with Crippen molar-refractivity contribution in [1.29, 1.82) is 0 Å². The predicted molar refractivity (Wildman–Crippen MR) is 19.4 cm³/mol. The van der Waals surface area contributed by atoms with Gasteiger partial charge in [0.05, 0.1) is 0 Å². The summed E-state index contributed by atoms with van der Waals surface area (Å²) < 4.78 is 0. The molecule has 0 radical (unpaired) electrons. The van der Waals surface area contributed by atoms with Gasteiger partial charge in [0.15, 0.2) is 0 Å². The van der Waals surface area contributed by atoms with Gasteiger partial charge in [0.2, 0.25) is 5.91 Å². The molecule has 1 amide bonds. The molecule has 0 aliphatic heterocycles. The zero-order valence-electron chi connectivity index (χ0n) is 3.09. The first kappa shape index (κ1) is 9.31. The van der Waals surface area contributed by atoms with Crippen molar-refractivity contribution >= 4 is 5.91 Å². The van der Waals surface area contributed by atoms with E-state index in [-0.39, 0.29) is 21.1 Å². The number of rotatable bonds is 1. The van der Waals surface area contributed by atoms with E-state index in [4.69, 9.17) is 0 Å². The van der Waals surface area contributed by atoms with E-state index in [1.54, 1.807) is 0 Å². The standard InChI is InChI=1S/C3H5NO.Pt/c1-2-3(4)5;/h2H,1H2,(H2,4,5);. The number of hydrogen-bond donors (Lipinski definition) is 1. The first-order valence-corrected chi connectivity index (χ1v) is 1.19. The minimum Gasteiger partial charge on any atom is -0.366 e. The fourth-order valence-corrected chi connectivity index (χ4v) is 0. The molecule has 0 heterocycles. The van der Waals surface area contributed by atoms with Crippen LogP contribution in [0.25, 0.3) is 0 Å². The molecule has 0 bridgehead atoms. The summed E-state index contributed by atoms with van der Waals surface area (Å²) >= 11 is 0. The Labute approximate surface area is 50.7 Å². The van der Waals surface area contributed by atoms with E-state index in [0.29, 0.717) is 0 Å². The zero-order chi connectivity index (χ0) is 4.28. The Kier molecular flexibility index (Phi) is 7.60. The Morgan fingerprint density at radius 1 is 1.83 bits per heavy atom. The molecule has 0 atom stereocenters. The van der Waals surface area contributed by atoms with E-state index in [2.05, 4.69) is 12.3 Å². The number of hydrogen-bond acceptors (Lipinski definition) is 1. The molecule has 0 aliphatic carbocycles. The molecule has 0 aromatic heterocycles. The van der Waals surface area contributed by atoms with Crippen molar-refractivity contribution in [3.63, 3.8) is 0 Å². The molecule has 0 aromatic rings. The van der Waals surface area contributed by atoms with E-state index < -0.39 is 5.91 Å². The molecular weight excluding hydrogens is 261 g/mol. The average Bonchev–Trinajstić information content (AvgIpc) is 1.38. The van der Waals surface area contributed by atoms with Crippen LogP contribution in [0, 0.1) is 0 Å². The average molecular weight is 266 g/mol. The number of nitrogens with two attached hydrogens (primary N) is 1. The Bertz CT molecular complexity index is 61.8. The van der Waals surface area contributed by atoms with Crippen molar-refractivity contribution in [3.8, 4) is 0 Å². The third kappa shape index (κ3) is 9.09. The van der Waals surface area contributed by atoms with Crippen LogP contribution in [0.2, 0.25) is 0 Å². The van der Waals surface area contributed by atoms with Crippen LogP contribution >= 0.6 is 0 Å². The van der Waals surface area contributed by atoms with Gasteiger partial charge in [-0.25, -0.2) is 0 Å². The molecule has 0 aromatic carbocycles. The van der Waals surface area contributed by atoms with Crippen LogP contribution < -0.4 is 5.73 Å². The molecule has 2 nitrogen and oxygen atoms in total. The van der Waals surface area contributed by atoms with E-state index in [1.807, 2.05) is 0 Å². The zero-order valence-corrected chi connectivity index (χ0v) is 5.36. The summed E-state index contributed by atoms with van der Waals surface area (Å²) in [6, 6.07) is 0. The number of amides is 1. The summed E-state index contributed by atoms with van der Waals surface area (Å²) in [5, 5.41) is 0. The molecule has 3 heteroatoms. The van der Waals surface area contributed by atoms with Crippen molar-refractivity contribution in [3.05, 3.63) is 12.7 Å².